The number of hydrogen-bond donors (Lipinski definition) is 1. The Balaban J connectivity index is 1.34. The topological polar surface area (TPSA) is 67.9 Å². The van der Waals surface area contributed by atoms with E-state index in [1.807, 2.05) is 65.6 Å². The molecule has 1 saturated heterocycles. The van der Waals surface area contributed by atoms with Crippen molar-refractivity contribution in [3.8, 4) is 11.5 Å². The molecule has 1 N–H and O–H groups in total. The van der Waals surface area contributed by atoms with Crippen molar-refractivity contribution in [1.82, 2.24) is 10.2 Å². The van der Waals surface area contributed by atoms with Gasteiger partial charge in [-0.15, -0.1) is 0 Å². The fourth-order valence-corrected chi connectivity index (χ4v) is 4.00. The lowest BCUT2D eigenvalue weighted by Crippen LogP contribution is -2.46. The number of carbonyl (C=O) groups is 2. The summed E-state index contributed by atoms with van der Waals surface area (Å²) in [6.07, 6.45) is 1.39. The Bertz CT molecular complexity index is 1090. The summed E-state index contributed by atoms with van der Waals surface area (Å²) in [6, 6.07) is 24.4. The smallest absolute Gasteiger partial charge is 0.257 e. The predicted octanol–water partition coefficient (Wildman–Crippen LogP) is 4.31. The summed E-state index contributed by atoms with van der Waals surface area (Å²) < 4.78 is 11.3. The van der Waals surface area contributed by atoms with Gasteiger partial charge in [0.15, 0.2) is 0 Å². The van der Waals surface area contributed by atoms with Gasteiger partial charge in [0, 0.05) is 19.1 Å². The van der Waals surface area contributed by atoms with Crippen LogP contribution in [0.1, 0.15) is 39.1 Å². The minimum atomic E-state index is -0.159. The van der Waals surface area contributed by atoms with Crippen LogP contribution in [-0.4, -0.2) is 43.0 Å². The van der Waals surface area contributed by atoms with Gasteiger partial charge in [-0.25, -0.2) is 0 Å². The standard InChI is InChI=1S/C27H28N2O4/c1-32-24-13-7-6-12-23(24)27(31)29-17-15-21(16-18-29)28-26(30)22-11-5-8-14-25(22)33-19-20-9-3-2-4-10-20/h2-14,21H,15-19H2,1H3,(H,28,30). The number of carbonyl (C=O) groups excluding carboxylic acids is 2. The second-order valence-electron chi connectivity index (χ2n) is 8.01. The van der Waals surface area contributed by atoms with Crippen LogP contribution >= 0.6 is 0 Å². The summed E-state index contributed by atoms with van der Waals surface area (Å²) in [5.74, 6) is 0.928. The van der Waals surface area contributed by atoms with Crippen LogP contribution < -0.4 is 14.8 Å². The van der Waals surface area contributed by atoms with Gasteiger partial charge >= 0.3 is 0 Å². The summed E-state index contributed by atoms with van der Waals surface area (Å²) in [5.41, 5.74) is 2.12. The second kappa shape index (κ2) is 10.7. The number of nitrogens with zero attached hydrogens (tertiary/aromatic N) is 1. The summed E-state index contributed by atoms with van der Waals surface area (Å²) >= 11 is 0. The molecule has 33 heavy (non-hydrogen) atoms. The molecule has 0 aliphatic carbocycles. The van der Waals surface area contributed by atoms with Crippen LogP contribution in [0.25, 0.3) is 0 Å². The van der Waals surface area contributed by atoms with Crippen molar-refractivity contribution in [3.63, 3.8) is 0 Å². The number of amides is 2. The van der Waals surface area contributed by atoms with Gasteiger partial charge < -0.3 is 19.7 Å². The lowest BCUT2D eigenvalue weighted by Gasteiger charge is -2.32. The number of ether oxygens (including phenoxy) is 2. The van der Waals surface area contributed by atoms with Gasteiger partial charge in [0.1, 0.15) is 18.1 Å². The Morgan fingerprint density at radius 3 is 2.15 bits per heavy atom. The molecule has 3 aromatic carbocycles. The molecule has 0 saturated carbocycles. The Kier molecular flexibility index (Phi) is 7.25. The van der Waals surface area contributed by atoms with E-state index in [-0.39, 0.29) is 17.9 Å². The molecule has 4 rings (SSSR count). The molecule has 0 aromatic heterocycles. The highest BCUT2D eigenvalue weighted by Gasteiger charge is 2.26. The lowest BCUT2D eigenvalue weighted by molar-refractivity contribution is 0.0694. The van der Waals surface area contributed by atoms with Crippen molar-refractivity contribution in [2.45, 2.75) is 25.5 Å². The molecule has 6 nitrogen and oxygen atoms in total. The molecule has 0 radical (unpaired) electrons. The highest BCUT2D eigenvalue weighted by molar-refractivity contribution is 5.98. The van der Waals surface area contributed by atoms with E-state index in [0.717, 1.165) is 5.56 Å². The molecule has 3 aromatic rings. The van der Waals surface area contributed by atoms with Crippen LogP contribution in [-0.2, 0) is 6.61 Å². The molecule has 0 unspecified atom stereocenters. The van der Waals surface area contributed by atoms with Crippen LogP contribution in [0, 0.1) is 0 Å². The molecule has 170 valence electrons. The number of benzene rings is 3. The maximum Gasteiger partial charge on any atom is 0.257 e. The number of nitrogens with one attached hydrogen (secondary N) is 1. The zero-order valence-electron chi connectivity index (χ0n) is 18.7. The molecule has 0 bridgehead atoms. The maximum absolute atomic E-state index is 13.0. The van der Waals surface area contributed by atoms with E-state index in [1.54, 1.807) is 25.3 Å². The monoisotopic (exact) mass is 444 g/mol. The van der Waals surface area contributed by atoms with Crippen molar-refractivity contribution in [2.24, 2.45) is 0 Å². The van der Waals surface area contributed by atoms with E-state index in [2.05, 4.69) is 5.32 Å². The molecule has 1 aliphatic rings. The summed E-state index contributed by atoms with van der Waals surface area (Å²) in [5, 5.41) is 3.11. The molecule has 1 heterocycles. The molecular formula is C27H28N2O4. The van der Waals surface area contributed by atoms with Crippen LogP contribution in [0.15, 0.2) is 78.9 Å². The molecule has 0 atom stereocenters. The van der Waals surface area contributed by atoms with Crippen molar-refractivity contribution in [3.05, 3.63) is 95.6 Å². The molecular weight excluding hydrogens is 416 g/mol. The van der Waals surface area contributed by atoms with E-state index in [4.69, 9.17) is 9.47 Å². The van der Waals surface area contributed by atoms with Crippen LogP contribution in [0.5, 0.6) is 11.5 Å². The molecule has 0 spiro atoms. The minimum absolute atomic E-state index is 0.00129. The molecule has 2 amide bonds. The van der Waals surface area contributed by atoms with Gasteiger partial charge in [-0.1, -0.05) is 54.6 Å². The Morgan fingerprint density at radius 1 is 0.848 bits per heavy atom. The highest BCUT2D eigenvalue weighted by atomic mass is 16.5. The van der Waals surface area contributed by atoms with Crippen molar-refractivity contribution < 1.29 is 19.1 Å². The van der Waals surface area contributed by atoms with Gasteiger partial charge in [-0.05, 0) is 42.7 Å². The fraction of sp³-hybridized carbons (Fsp3) is 0.259. The van der Waals surface area contributed by atoms with Crippen molar-refractivity contribution >= 4 is 11.8 Å². The van der Waals surface area contributed by atoms with Gasteiger partial charge in [-0.3, -0.25) is 9.59 Å². The van der Waals surface area contributed by atoms with Crippen molar-refractivity contribution in [1.29, 1.82) is 0 Å². The number of piperidine rings is 1. The molecule has 6 heteroatoms. The van der Waals surface area contributed by atoms with Crippen molar-refractivity contribution in [2.75, 3.05) is 20.2 Å². The summed E-state index contributed by atoms with van der Waals surface area (Å²) in [6.45, 7) is 1.55. The van der Waals surface area contributed by atoms with Crippen LogP contribution in [0.4, 0.5) is 0 Å². The van der Waals surface area contributed by atoms with Crippen LogP contribution in [0.2, 0.25) is 0 Å². The van der Waals surface area contributed by atoms with Gasteiger partial charge in [0.2, 0.25) is 0 Å². The predicted molar refractivity (Wildman–Crippen MR) is 127 cm³/mol. The average molecular weight is 445 g/mol. The SMILES string of the molecule is COc1ccccc1C(=O)N1CCC(NC(=O)c2ccccc2OCc2ccccc2)CC1. The summed E-state index contributed by atoms with van der Waals surface area (Å²) in [7, 11) is 1.56. The third-order valence-corrected chi connectivity index (χ3v) is 5.82. The van der Waals surface area contributed by atoms with Gasteiger partial charge in [0.05, 0.1) is 18.2 Å². The first-order chi connectivity index (χ1) is 16.2. The first-order valence-corrected chi connectivity index (χ1v) is 11.1. The minimum Gasteiger partial charge on any atom is -0.496 e. The number of methoxy groups -OCH3 is 1. The van der Waals surface area contributed by atoms with E-state index in [9.17, 15) is 9.59 Å². The third-order valence-electron chi connectivity index (χ3n) is 5.82. The van der Waals surface area contributed by atoms with Crippen LogP contribution in [0.3, 0.4) is 0 Å². The van der Waals surface area contributed by atoms with Gasteiger partial charge in [0.25, 0.3) is 11.8 Å². The fourth-order valence-electron chi connectivity index (χ4n) is 4.00. The number of hydrogen-bond acceptors (Lipinski definition) is 4. The average Bonchev–Trinajstić information content (AvgIpc) is 2.88. The molecule has 1 aliphatic heterocycles. The van der Waals surface area contributed by atoms with E-state index in [1.165, 1.54) is 0 Å². The number of likely N-dealkylation sites (tertiary alicyclic amines) is 1. The zero-order valence-corrected chi connectivity index (χ0v) is 18.7. The quantitative estimate of drug-likeness (QED) is 0.590. The highest BCUT2D eigenvalue weighted by Crippen LogP contribution is 2.23. The second-order valence-corrected chi connectivity index (χ2v) is 8.01. The van der Waals surface area contributed by atoms with Gasteiger partial charge in [-0.2, -0.15) is 0 Å². The normalized spacial score (nSPS) is 13.9. The Labute approximate surface area is 194 Å². The zero-order chi connectivity index (χ0) is 23.0. The van der Waals surface area contributed by atoms with E-state index < -0.39 is 0 Å². The Morgan fingerprint density at radius 2 is 1.45 bits per heavy atom. The van der Waals surface area contributed by atoms with E-state index in [0.29, 0.717) is 55.2 Å². The number of rotatable bonds is 7. The maximum atomic E-state index is 13.0. The van der Waals surface area contributed by atoms with E-state index >= 15 is 0 Å². The first kappa shape index (κ1) is 22.4. The number of para-hydroxylation sites is 2. The first-order valence-electron chi connectivity index (χ1n) is 11.1. The summed E-state index contributed by atoms with van der Waals surface area (Å²) in [4.78, 5) is 27.7. The third kappa shape index (κ3) is 5.52. The molecule has 1 fully saturated rings. The lowest BCUT2D eigenvalue weighted by atomic mass is 10.0. The largest absolute Gasteiger partial charge is 0.496 e. The Hall–Kier alpha value is -3.80.